The molecule has 178 valence electrons. The Morgan fingerprint density at radius 3 is 2.15 bits per heavy atom. The van der Waals surface area contributed by atoms with Gasteiger partial charge in [-0.2, -0.15) is 18.4 Å². The van der Waals surface area contributed by atoms with Crippen LogP contribution in [0.15, 0.2) is 47.4 Å². The van der Waals surface area contributed by atoms with Gasteiger partial charge in [0, 0.05) is 5.56 Å². The summed E-state index contributed by atoms with van der Waals surface area (Å²) < 4.78 is 109. The fourth-order valence-electron chi connectivity index (χ4n) is 2.44. The number of nitrogens with zero attached hydrogens (tertiary/aromatic N) is 2. The lowest BCUT2D eigenvalue weighted by Gasteiger charge is -2.40. The SMILES string of the molecule is [C-]#[N+]c1ccc(OCC(C)(C#N)NC(=O)c2ccc(S(F)(F)(F)(F)F)cc2)c(C(F)(F)F)c1. The number of halogens is 8. The molecule has 0 heterocycles. The van der Waals surface area contributed by atoms with E-state index in [0.717, 1.165) is 19.1 Å². The number of ether oxygens (including phenoxy) is 1. The van der Waals surface area contributed by atoms with Crippen LogP contribution >= 0.6 is 10.2 Å². The Morgan fingerprint density at radius 2 is 1.70 bits per heavy atom. The molecule has 1 amide bonds. The Kier molecular flexibility index (Phi) is 5.86. The Morgan fingerprint density at radius 1 is 1.12 bits per heavy atom. The van der Waals surface area contributed by atoms with Crippen molar-refractivity contribution in [1.82, 2.24) is 5.32 Å². The van der Waals surface area contributed by atoms with E-state index in [1.54, 1.807) is 6.07 Å². The zero-order chi connectivity index (χ0) is 25.4. The van der Waals surface area contributed by atoms with Crippen LogP contribution in [0.4, 0.5) is 38.3 Å². The highest BCUT2D eigenvalue weighted by Crippen LogP contribution is 3.02. The third-order valence-corrected chi connectivity index (χ3v) is 5.28. The Labute approximate surface area is 182 Å². The molecule has 33 heavy (non-hydrogen) atoms. The smallest absolute Gasteiger partial charge is 0.418 e. The van der Waals surface area contributed by atoms with Gasteiger partial charge in [0.2, 0.25) is 0 Å². The number of benzene rings is 2. The Bertz CT molecular complexity index is 1170. The molecule has 0 spiro atoms. The summed E-state index contributed by atoms with van der Waals surface area (Å²) in [7, 11) is -9.95. The largest absolute Gasteiger partial charge is 0.489 e. The Balaban J connectivity index is 2.22. The van der Waals surface area contributed by atoms with Crippen molar-refractivity contribution in [2.24, 2.45) is 0 Å². The van der Waals surface area contributed by atoms with E-state index in [1.807, 2.05) is 0 Å². The van der Waals surface area contributed by atoms with Crippen LogP contribution in [0.2, 0.25) is 0 Å². The Hall–Kier alpha value is -3.52. The van der Waals surface area contributed by atoms with Gasteiger partial charge in [-0.05, 0) is 43.3 Å². The molecule has 2 rings (SSSR count). The first-order chi connectivity index (χ1) is 14.8. The van der Waals surface area contributed by atoms with Crippen molar-refractivity contribution in [1.29, 1.82) is 5.26 Å². The maximum absolute atomic E-state index is 13.2. The minimum atomic E-state index is -9.95. The van der Waals surface area contributed by atoms with Gasteiger partial charge in [-0.3, -0.25) is 4.79 Å². The number of hydrogen-bond donors (Lipinski definition) is 1. The maximum atomic E-state index is 13.2. The summed E-state index contributed by atoms with van der Waals surface area (Å²) in [5, 5.41) is 11.4. The van der Waals surface area contributed by atoms with Crippen LogP contribution in [0.5, 0.6) is 5.75 Å². The van der Waals surface area contributed by atoms with Crippen molar-refractivity contribution >= 4 is 21.8 Å². The lowest BCUT2D eigenvalue weighted by Crippen LogP contribution is -2.49. The van der Waals surface area contributed by atoms with E-state index < -0.39 is 56.2 Å². The number of nitrogens with one attached hydrogen (secondary N) is 1. The predicted octanol–water partition coefficient (Wildman–Crippen LogP) is 7.00. The summed E-state index contributed by atoms with van der Waals surface area (Å²) in [6, 6.07) is 4.97. The minimum Gasteiger partial charge on any atom is -0.489 e. The van der Waals surface area contributed by atoms with Crippen molar-refractivity contribution in [3.8, 4) is 11.8 Å². The van der Waals surface area contributed by atoms with Crippen LogP contribution in [0.1, 0.15) is 22.8 Å². The number of nitriles is 1. The lowest BCUT2D eigenvalue weighted by molar-refractivity contribution is -0.139. The highest BCUT2D eigenvalue weighted by molar-refractivity contribution is 8.45. The number of carbonyl (C=O) groups excluding carboxylic acids is 1. The van der Waals surface area contributed by atoms with Gasteiger partial charge in [0.25, 0.3) is 5.91 Å². The van der Waals surface area contributed by atoms with E-state index in [4.69, 9.17) is 11.3 Å². The fourth-order valence-corrected chi connectivity index (χ4v) is 3.09. The molecule has 0 aliphatic heterocycles. The molecule has 2 aromatic carbocycles. The van der Waals surface area contributed by atoms with Crippen LogP contribution in [0, 0.1) is 17.9 Å². The molecule has 0 aromatic heterocycles. The standard InChI is InChI=1S/C19H13F8N3O2S/c1-18(10-28,11-32-16-8-5-13(29-2)9-15(16)19(20,21)22)30-17(31)12-3-6-14(7-4-12)33(23,24,25,26)27/h3-9H,11H2,1H3,(H,30,31). The molecule has 1 atom stereocenters. The van der Waals surface area contributed by atoms with Gasteiger partial charge in [-0.1, -0.05) is 25.5 Å². The monoisotopic (exact) mass is 499 g/mol. The normalized spacial score (nSPS) is 15.7. The summed E-state index contributed by atoms with van der Waals surface area (Å²) in [6.45, 7) is 7.04. The van der Waals surface area contributed by atoms with Gasteiger partial charge in [0.1, 0.15) is 17.3 Å². The average Bonchev–Trinajstić information content (AvgIpc) is 2.70. The molecule has 2 aromatic rings. The molecule has 1 N–H and O–H groups in total. The van der Waals surface area contributed by atoms with Gasteiger partial charge in [0.15, 0.2) is 11.2 Å². The first kappa shape index (κ1) is 25.7. The quantitative estimate of drug-likeness (QED) is 0.344. The summed E-state index contributed by atoms with van der Waals surface area (Å²) in [4.78, 5) is 12.9. The first-order valence-electron chi connectivity index (χ1n) is 8.57. The predicted molar refractivity (Wildman–Crippen MR) is 103 cm³/mol. The van der Waals surface area contributed by atoms with Gasteiger partial charge in [-0.15, -0.1) is 0 Å². The number of amides is 1. The number of carbonyl (C=O) groups is 1. The summed E-state index contributed by atoms with van der Waals surface area (Å²) in [5.41, 5.74) is -4.09. The molecule has 0 aliphatic rings. The maximum Gasteiger partial charge on any atom is 0.418 e. The highest BCUT2D eigenvalue weighted by atomic mass is 32.5. The minimum absolute atomic E-state index is 0.00516. The molecule has 14 heteroatoms. The zero-order valence-corrected chi connectivity index (χ0v) is 17.2. The van der Waals surface area contributed by atoms with Crippen LogP contribution in [0.25, 0.3) is 4.85 Å². The van der Waals surface area contributed by atoms with Crippen molar-refractivity contribution in [3.05, 3.63) is 65.0 Å². The highest BCUT2D eigenvalue weighted by Gasteiger charge is 2.65. The van der Waals surface area contributed by atoms with Gasteiger partial charge in [0.05, 0.1) is 18.2 Å². The van der Waals surface area contributed by atoms with Gasteiger partial charge < -0.3 is 10.1 Å². The summed E-state index contributed by atoms with van der Waals surface area (Å²) in [6.07, 6.45) is -4.90. The second kappa shape index (κ2) is 7.52. The summed E-state index contributed by atoms with van der Waals surface area (Å²) >= 11 is 0. The molecule has 0 bridgehead atoms. The molecule has 0 fully saturated rings. The second-order valence-electron chi connectivity index (χ2n) is 6.97. The molecule has 1 unspecified atom stereocenters. The third kappa shape index (κ3) is 6.49. The van der Waals surface area contributed by atoms with Crippen molar-refractivity contribution in [2.45, 2.75) is 23.5 Å². The zero-order valence-electron chi connectivity index (χ0n) is 16.4. The topological polar surface area (TPSA) is 66.5 Å². The van der Waals surface area contributed by atoms with Gasteiger partial charge >= 0.3 is 16.4 Å². The number of alkyl halides is 3. The van der Waals surface area contributed by atoms with Crippen LogP contribution < -0.4 is 10.1 Å². The molecule has 0 aliphatic carbocycles. The third-order valence-electron chi connectivity index (χ3n) is 4.11. The molecular formula is C19H13F8N3O2S. The molecule has 5 nitrogen and oxygen atoms in total. The van der Waals surface area contributed by atoms with Crippen LogP contribution in [-0.2, 0) is 6.18 Å². The first-order valence-corrected chi connectivity index (χ1v) is 10.5. The number of rotatable bonds is 6. The van der Waals surface area contributed by atoms with E-state index in [0.29, 0.717) is 18.2 Å². The number of hydrogen-bond acceptors (Lipinski definition) is 3. The lowest BCUT2D eigenvalue weighted by atomic mass is 10.0. The fraction of sp³-hybridized carbons (Fsp3) is 0.211. The second-order valence-corrected chi connectivity index (χ2v) is 9.38. The summed E-state index contributed by atoms with van der Waals surface area (Å²) in [5.74, 6) is -1.89. The van der Waals surface area contributed by atoms with E-state index in [1.165, 1.54) is 0 Å². The van der Waals surface area contributed by atoms with Crippen molar-refractivity contribution in [3.63, 3.8) is 0 Å². The average molecular weight is 499 g/mol. The molecular weight excluding hydrogens is 486 g/mol. The van der Waals surface area contributed by atoms with E-state index in [2.05, 4.69) is 10.2 Å². The van der Waals surface area contributed by atoms with E-state index >= 15 is 0 Å². The van der Waals surface area contributed by atoms with Crippen LogP contribution in [0.3, 0.4) is 0 Å². The van der Waals surface area contributed by atoms with E-state index in [-0.39, 0.29) is 17.8 Å². The molecule has 0 saturated heterocycles. The van der Waals surface area contributed by atoms with Crippen molar-refractivity contribution < 1.29 is 42.1 Å². The molecule has 0 radical (unpaired) electrons. The van der Waals surface area contributed by atoms with Crippen molar-refractivity contribution in [2.75, 3.05) is 6.61 Å². The van der Waals surface area contributed by atoms with E-state index in [9.17, 15) is 42.7 Å². The van der Waals surface area contributed by atoms with Crippen LogP contribution in [-0.4, -0.2) is 18.1 Å². The molecule has 0 saturated carbocycles. The van der Waals surface area contributed by atoms with Gasteiger partial charge in [-0.25, -0.2) is 4.85 Å².